The molecule has 7 heteroatoms. The van der Waals surface area contributed by atoms with E-state index in [2.05, 4.69) is 87.8 Å². The lowest BCUT2D eigenvalue weighted by atomic mass is 9.76. The fourth-order valence-electron chi connectivity index (χ4n) is 7.16. The molecule has 1 aliphatic rings. The normalized spacial score (nSPS) is 18.9. The summed E-state index contributed by atoms with van der Waals surface area (Å²) in [6.07, 6.45) is 5.48. The maximum atomic E-state index is 14.5. The van der Waals surface area contributed by atoms with Gasteiger partial charge in [0.15, 0.2) is 11.5 Å². The Bertz CT molecular complexity index is 1460. The van der Waals surface area contributed by atoms with Crippen LogP contribution in [0.5, 0.6) is 11.5 Å². The van der Waals surface area contributed by atoms with E-state index in [-0.39, 0.29) is 35.0 Å². The van der Waals surface area contributed by atoms with Crippen LogP contribution in [0.15, 0.2) is 104 Å². The van der Waals surface area contributed by atoms with Gasteiger partial charge in [0, 0.05) is 36.8 Å². The van der Waals surface area contributed by atoms with Crippen molar-refractivity contribution < 1.29 is 23.5 Å². The number of carbonyl (C=O) groups excluding carboxylic acids is 2. The number of methoxy groups -OCH3 is 2. The van der Waals surface area contributed by atoms with E-state index in [4.69, 9.17) is 13.9 Å². The molecule has 0 spiro atoms. The number of ketones is 1. The molecule has 1 amide bonds. The molecule has 0 unspecified atom stereocenters. The van der Waals surface area contributed by atoms with Crippen molar-refractivity contribution in [2.75, 3.05) is 27.4 Å². The van der Waals surface area contributed by atoms with Gasteiger partial charge in [-0.25, -0.2) is 0 Å². The van der Waals surface area contributed by atoms with Crippen molar-refractivity contribution in [2.45, 2.75) is 57.4 Å². The fourth-order valence-corrected chi connectivity index (χ4v) is 11.7. The van der Waals surface area contributed by atoms with Crippen LogP contribution >= 0.6 is 0 Å². The summed E-state index contributed by atoms with van der Waals surface area (Å²) in [7, 11) is 0.408. The molecule has 1 saturated carbocycles. The third kappa shape index (κ3) is 7.06. The molecule has 1 aliphatic carbocycles. The summed E-state index contributed by atoms with van der Waals surface area (Å²) >= 11 is 0. The predicted octanol–water partition coefficient (Wildman–Crippen LogP) is 6.60. The topological polar surface area (TPSA) is 73.9 Å². The molecular formula is C39H49NO5Si. The lowest BCUT2D eigenvalue weighted by Crippen LogP contribution is -2.66. The van der Waals surface area contributed by atoms with Gasteiger partial charge in [-0.3, -0.25) is 9.59 Å². The maximum absolute atomic E-state index is 14.5. The highest BCUT2D eigenvalue weighted by atomic mass is 28.4. The zero-order valence-corrected chi connectivity index (χ0v) is 29.0. The molecule has 3 atom stereocenters. The number of hydrogen-bond donors (Lipinski definition) is 1. The largest absolute Gasteiger partial charge is 0.493 e. The predicted molar refractivity (Wildman–Crippen MR) is 189 cm³/mol. The summed E-state index contributed by atoms with van der Waals surface area (Å²) in [5.41, 5.74) is 0.121. The Kier molecular flexibility index (Phi) is 11.5. The van der Waals surface area contributed by atoms with E-state index in [0.717, 1.165) is 5.56 Å². The second-order valence-electron chi connectivity index (χ2n) is 13.1. The highest BCUT2D eigenvalue weighted by Crippen LogP contribution is 2.49. The van der Waals surface area contributed by atoms with E-state index in [1.54, 1.807) is 20.3 Å². The highest BCUT2D eigenvalue weighted by molar-refractivity contribution is 6.99. The van der Waals surface area contributed by atoms with E-state index in [1.807, 2.05) is 36.4 Å². The molecule has 3 aromatic carbocycles. The minimum atomic E-state index is -2.77. The Morgan fingerprint density at radius 3 is 2.11 bits per heavy atom. The molecule has 0 aromatic heterocycles. The Hall–Kier alpha value is -3.94. The Morgan fingerprint density at radius 2 is 1.59 bits per heavy atom. The quantitative estimate of drug-likeness (QED) is 0.150. The lowest BCUT2D eigenvalue weighted by molar-refractivity contribution is -0.128. The van der Waals surface area contributed by atoms with Crippen LogP contribution in [0, 0.1) is 11.3 Å². The average molecular weight is 640 g/mol. The number of rotatable bonds is 15. The number of allylic oxidation sites excluding steroid dienone is 1. The van der Waals surface area contributed by atoms with Gasteiger partial charge in [0.05, 0.1) is 14.2 Å². The van der Waals surface area contributed by atoms with Gasteiger partial charge >= 0.3 is 0 Å². The van der Waals surface area contributed by atoms with Crippen molar-refractivity contribution in [3.05, 3.63) is 110 Å². The van der Waals surface area contributed by atoms with E-state index < -0.39 is 13.7 Å². The Morgan fingerprint density at radius 1 is 0.978 bits per heavy atom. The van der Waals surface area contributed by atoms with Gasteiger partial charge in [-0.2, -0.15) is 0 Å². The van der Waals surface area contributed by atoms with Crippen molar-refractivity contribution in [2.24, 2.45) is 11.3 Å². The first-order valence-corrected chi connectivity index (χ1v) is 18.0. The highest BCUT2D eigenvalue weighted by Gasteiger charge is 2.52. The first kappa shape index (κ1) is 34.9. The van der Waals surface area contributed by atoms with Crippen molar-refractivity contribution in [1.82, 2.24) is 5.32 Å². The number of ether oxygens (including phenoxy) is 2. The standard InChI is InChI=1S/C39H49NO5Si/c1-8-25-40-36(41)28-33(29-20-21-34(43-6)35(27-29)44-7)32-22-23-39(9-2,37(32)42)24-26-45-46(38(3,4)5,30-16-12-10-13-17-30)31-18-14-11-15-19-31/h8-21,27,32-33H,1-2,22-26,28H2,3-7H3,(H,40,41)/t32-,33-,39-/m0/s1. The van der Waals surface area contributed by atoms with Gasteiger partial charge in [0.1, 0.15) is 5.78 Å². The molecule has 0 bridgehead atoms. The number of amides is 1. The van der Waals surface area contributed by atoms with Crippen LogP contribution in [0.25, 0.3) is 0 Å². The SMILES string of the molecule is C=CCNC(=O)C[C@@H](c1ccc(OC)c(OC)c1)[C@@H]1CC[C@@](C=C)(CCO[Si](c2ccccc2)(c2ccccc2)C(C)(C)C)C1=O. The minimum Gasteiger partial charge on any atom is -0.493 e. The third-order valence-electron chi connectivity index (χ3n) is 9.57. The molecule has 0 aliphatic heterocycles. The van der Waals surface area contributed by atoms with Gasteiger partial charge in [0.25, 0.3) is 8.32 Å². The zero-order valence-electron chi connectivity index (χ0n) is 28.0. The monoisotopic (exact) mass is 639 g/mol. The molecule has 0 heterocycles. The molecule has 1 fully saturated rings. The molecule has 4 rings (SSSR count). The Balaban J connectivity index is 1.65. The van der Waals surface area contributed by atoms with Gasteiger partial charge in [0.2, 0.25) is 5.91 Å². The van der Waals surface area contributed by atoms with Crippen LogP contribution in [-0.4, -0.2) is 47.4 Å². The second-order valence-corrected chi connectivity index (χ2v) is 17.5. The molecule has 1 N–H and O–H groups in total. The molecular weight excluding hydrogens is 591 g/mol. The number of benzene rings is 3. The van der Waals surface area contributed by atoms with Crippen LogP contribution in [0.4, 0.5) is 0 Å². The summed E-state index contributed by atoms with van der Waals surface area (Å²) in [6, 6.07) is 26.7. The van der Waals surface area contributed by atoms with Crippen molar-refractivity contribution in [3.8, 4) is 11.5 Å². The first-order chi connectivity index (χ1) is 22.1. The minimum absolute atomic E-state index is 0.116. The molecule has 0 radical (unpaired) electrons. The number of carbonyl (C=O) groups is 2. The summed E-state index contributed by atoms with van der Waals surface area (Å²) < 4.78 is 18.2. The van der Waals surface area contributed by atoms with Crippen LogP contribution in [-0.2, 0) is 14.0 Å². The van der Waals surface area contributed by atoms with Crippen LogP contribution in [0.1, 0.15) is 57.9 Å². The molecule has 0 saturated heterocycles. The van der Waals surface area contributed by atoms with Gasteiger partial charge in [-0.15, -0.1) is 13.2 Å². The van der Waals surface area contributed by atoms with Crippen molar-refractivity contribution >= 4 is 30.4 Å². The molecule has 244 valence electrons. The van der Waals surface area contributed by atoms with Crippen molar-refractivity contribution in [1.29, 1.82) is 0 Å². The van der Waals surface area contributed by atoms with Gasteiger partial charge in [-0.05, 0) is 52.4 Å². The summed E-state index contributed by atoms with van der Waals surface area (Å²) in [4.78, 5) is 27.6. The summed E-state index contributed by atoms with van der Waals surface area (Å²) in [5, 5.41) is 5.13. The average Bonchev–Trinajstić information content (AvgIpc) is 3.39. The van der Waals surface area contributed by atoms with E-state index in [9.17, 15) is 9.59 Å². The van der Waals surface area contributed by atoms with E-state index in [0.29, 0.717) is 43.9 Å². The molecule has 46 heavy (non-hydrogen) atoms. The van der Waals surface area contributed by atoms with Crippen LogP contribution in [0.2, 0.25) is 5.04 Å². The van der Waals surface area contributed by atoms with Crippen molar-refractivity contribution in [3.63, 3.8) is 0 Å². The maximum Gasteiger partial charge on any atom is 0.261 e. The first-order valence-electron chi connectivity index (χ1n) is 16.1. The van der Waals surface area contributed by atoms with E-state index in [1.165, 1.54) is 10.4 Å². The zero-order chi connectivity index (χ0) is 33.4. The second kappa shape index (κ2) is 15.1. The number of nitrogens with one attached hydrogen (secondary N) is 1. The summed E-state index contributed by atoms with van der Waals surface area (Å²) in [6.45, 7) is 15.4. The van der Waals surface area contributed by atoms with Crippen LogP contribution in [0.3, 0.4) is 0 Å². The number of hydrogen-bond acceptors (Lipinski definition) is 5. The molecule has 3 aromatic rings. The lowest BCUT2D eigenvalue weighted by Gasteiger charge is -2.43. The van der Waals surface area contributed by atoms with Gasteiger partial charge < -0.3 is 19.2 Å². The smallest absolute Gasteiger partial charge is 0.261 e. The fraction of sp³-hybridized carbons (Fsp3) is 0.385. The van der Waals surface area contributed by atoms with Crippen LogP contribution < -0.4 is 25.2 Å². The number of Topliss-reactive ketones (excluding diaryl/α,β-unsaturated/α-hetero) is 1. The molecule has 6 nitrogen and oxygen atoms in total. The third-order valence-corrected chi connectivity index (χ3v) is 14.6. The Labute approximate surface area is 276 Å². The summed E-state index contributed by atoms with van der Waals surface area (Å²) in [5.74, 6) is 0.453. The van der Waals surface area contributed by atoms with Gasteiger partial charge in [-0.1, -0.05) is 99.7 Å². The van der Waals surface area contributed by atoms with E-state index >= 15 is 0 Å².